The van der Waals surface area contributed by atoms with E-state index in [9.17, 15) is 22.8 Å². The summed E-state index contributed by atoms with van der Waals surface area (Å²) in [5.41, 5.74) is 0.864. The van der Waals surface area contributed by atoms with Crippen molar-refractivity contribution in [2.75, 3.05) is 32.8 Å². The van der Waals surface area contributed by atoms with Crippen molar-refractivity contribution < 1.29 is 27.5 Å². The number of carbonyl (C=O) groups is 3. The lowest BCUT2D eigenvalue weighted by Crippen LogP contribution is -2.49. The third-order valence-electron chi connectivity index (χ3n) is 4.22. The molecule has 0 spiro atoms. The monoisotopic (exact) mass is 411 g/mol. The first-order valence-electron chi connectivity index (χ1n) is 9.06. The second-order valence-electron chi connectivity index (χ2n) is 6.38. The molecule has 1 aromatic carbocycles. The maximum atomic E-state index is 13.0. The van der Waals surface area contributed by atoms with E-state index in [1.807, 2.05) is 6.92 Å². The Kier molecular flexibility index (Phi) is 7.38. The standard InChI is InChI=1S/C18H25N3O6S/c1-3-27-17(23)12-19-16(22)13-21(18(24)20-10-4-5-11-20)28(25,26)15-8-6-14(2)7-9-15/h6-9H,3-5,10-13H2,1-2H3,(H,19,22). The SMILES string of the molecule is CCOC(=O)CNC(=O)CN(C(=O)N1CCCC1)S(=O)(=O)c1ccc(C)cc1. The number of aryl methyl sites for hydroxylation is 1. The maximum absolute atomic E-state index is 13.0. The Hall–Kier alpha value is -2.62. The third-order valence-corrected chi connectivity index (χ3v) is 5.95. The lowest BCUT2D eigenvalue weighted by Gasteiger charge is -2.27. The number of rotatable bonds is 7. The highest BCUT2D eigenvalue weighted by molar-refractivity contribution is 7.89. The van der Waals surface area contributed by atoms with Crippen molar-refractivity contribution in [1.29, 1.82) is 0 Å². The van der Waals surface area contributed by atoms with Gasteiger partial charge in [-0.1, -0.05) is 17.7 Å². The second kappa shape index (κ2) is 9.54. The zero-order chi connectivity index (χ0) is 20.7. The molecule has 1 aliphatic rings. The van der Waals surface area contributed by atoms with E-state index in [-0.39, 0.29) is 11.5 Å². The summed E-state index contributed by atoms with van der Waals surface area (Å²) in [6, 6.07) is 5.28. The van der Waals surface area contributed by atoms with Crippen molar-refractivity contribution in [3.63, 3.8) is 0 Å². The molecule has 154 valence electrons. The van der Waals surface area contributed by atoms with Gasteiger partial charge in [-0.2, -0.15) is 0 Å². The fraction of sp³-hybridized carbons (Fsp3) is 0.500. The van der Waals surface area contributed by atoms with E-state index in [0.29, 0.717) is 17.4 Å². The summed E-state index contributed by atoms with van der Waals surface area (Å²) >= 11 is 0. The van der Waals surface area contributed by atoms with Crippen molar-refractivity contribution in [3.8, 4) is 0 Å². The molecule has 1 fully saturated rings. The predicted octanol–water partition coefficient (Wildman–Crippen LogP) is 0.881. The normalized spacial score (nSPS) is 13.9. The molecule has 3 amide bonds. The van der Waals surface area contributed by atoms with Gasteiger partial charge in [0, 0.05) is 13.1 Å². The summed E-state index contributed by atoms with van der Waals surface area (Å²) in [6.45, 7) is 3.35. The molecule has 0 saturated carbocycles. The van der Waals surface area contributed by atoms with Gasteiger partial charge in [-0.05, 0) is 38.8 Å². The Labute approximate surface area is 164 Å². The van der Waals surface area contributed by atoms with Crippen LogP contribution in [0.3, 0.4) is 0 Å². The third kappa shape index (κ3) is 5.44. The summed E-state index contributed by atoms with van der Waals surface area (Å²) in [7, 11) is -4.23. The number of likely N-dealkylation sites (tertiary alicyclic amines) is 1. The Morgan fingerprint density at radius 3 is 2.32 bits per heavy atom. The lowest BCUT2D eigenvalue weighted by atomic mass is 10.2. The highest BCUT2D eigenvalue weighted by Crippen LogP contribution is 2.20. The van der Waals surface area contributed by atoms with Gasteiger partial charge in [-0.3, -0.25) is 9.59 Å². The Morgan fingerprint density at radius 1 is 1.14 bits per heavy atom. The quantitative estimate of drug-likeness (QED) is 0.667. The van der Waals surface area contributed by atoms with E-state index in [4.69, 9.17) is 4.74 Å². The minimum Gasteiger partial charge on any atom is -0.465 e. The van der Waals surface area contributed by atoms with E-state index in [1.165, 1.54) is 17.0 Å². The largest absolute Gasteiger partial charge is 0.465 e. The number of ether oxygens (including phenoxy) is 1. The van der Waals surface area contributed by atoms with Crippen LogP contribution in [0.5, 0.6) is 0 Å². The number of urea groups is 1. The van der Waals surface area contributed by atoms with Crippen molar-refractivity contribution in [2.24, 2.45) is 0 Å². The summed E-state index contributed by atoms with van der Waals surface area (Å²) in [5, 5.41) is 2.29. The highest BCUT2D eigenvalue weighted by atomic mass is 32.2. The highest BCUT2D eigenvalue weighted by Gasteiger charge is 2.35. The topological polar surface area (TPSA) is 113 Å². The predicted molar refractivity (Wildman–Crippen MR) is 101 cm³/mol. The summed E-state index contributed by atoms with van der Waals surface area (Å²) < 4.78 is 31.3. The van der Waals surface area contributed by atoms with E-state index in [2.05, 4.69) is 5.32 Å². The van der Waals surface area contributed by atoms with Crippen LogP contribution in [0.15, 0.2) is 29.2 Å². The van der Waals surface area contributed by atoms with Crippen molar-refractivity contribution in [3.05, 3.63) is 29.8 Å². The van der Waals surface area contributed by atoms with E-state index < -0.39 is 41.0 Å². The maximum Gasteiger partial charge on any atom is 0.334 e. The Balaban J connectivity index is 2.21. The molecule has 1 aliphatic heterocycles. The van der Waals surface area contributed by atoms with Crippen LogP contribution in [0.2, 0.25) is 0 Å². The van der Waals surface area contributed by atoms with Gasteiger partial charge in [0.2, 0.25) is 5.91 Å². The van der Waals surface area contributed by atoms with E-state index in [1.54, 1.807) is 19.1 Å². The molecular formula is C18H25N3O6S. The molecular weight excluding hydrogens is 386 g/mol. The number of benzene rings is 1. The molecule has 1 saturated heterocycles. The van der Waals surface area contributed by atoms with Gasteiger partial charge in [0.1, 0.15) is 13.1 Å². The van der Waals surface area contributed by atoms with Gasteiger partial charge < -0.3 is 15.0 Å². The van der Waals surface area contributed by atoms with Crippen LogP contribution in [0.25, 0.3) is 0 Å². The van der Waals surface area contributed by atoms with Gasteiger partial charge in [0.25, 0.3) is 10.0 Å². The molecule has 1 heterocycles. The lowest BCUT2D eigenvalue weighted by molar-refractivity contribution is -0.143. The number of nitrogens with zero attached hydrogens (tertiary/aromatic N) is 2. The van der Waals surface area contributed by atoms with Gasteiger partial charge in [0.05, 0.1) is 11.5 Å². The summed E-state index contributed by atoms with van der Waals surface area (Å²) in [6.07, 6.45) is 1.55. The number of hydrogen-bond acceptors (Lipinski definition) is 6. The molecule has 0 aliphatic carbocycles. The molecule has 28 heavy (non-hydrogen) atoms. The number of amides is 3. The van der Waals surface area contributed by atoms with Crippen LogP contribution in [-0.2, 0) is 24.3 Å². The average molecular weight is 411 g/mol. The number of carbonyl (C=O) groups excluding carboxylic acids is 3. The van der Waals surface area contributed by atoms with Crippen LogP contribution < -0.4 is 5.32 Å². The average Bonchev–Trinajstić information content (AvgIpc) is 3.19. The fourth-order valence-electron chi connectivity index (χ4n) is 2.73. The van der Waals surface area contributed by atoms with Crippen LogP contribution in [0.1, 0.15) is 25.3 Å². The Morgan fingerprint density at radius 2 is 1.75 bits per heavy atom. The zero-order valence-corrected chi connectivity index (χ0v) is 16.8. The van der Waals surface area contributed by atoms with Gasteiger partial charge >= 0.3 is 12.0 Å². The molecule has 9 nitrogen and oxygen atoms in total. The van der Waals surface area contributed by atoms with Gasteiger partial charge in [0.15, 0.2) is 0 Å². The van der Waals surface area contributed by atoms with E-state index >= 15 is 0 Å². The molecule has 0 radical (unpaired) electrons. The molecule has 10 heteroatoms. The number of hydrogen-bond donors (Lipinski definition) is 1. The number of nitrogens with one attached hydrogen (secondary N) is 1. The molecule has 1 N–H and O–H groups in total. The molecule has 1 aromatic rings. The Bertz CT molecular complexity index is 816. The zero-order valence-electron chi connectivity index (χ0n) is 16.0. The van der Waals surface area contributed by atoms with Crippen molar-refractivity contribution in [2.45, 2.75) is 31.6 Å². The van der Waals surface area contributed by atoms with Gasteiger partial charge in [-0.25, -0.2) is 17.5 Å². The first kappa shape index (κ1) is 21.7. The molecule has 2 rings (SSSR count). The van der Waals surface area contributed by atoms with Crippen LogP contribution in [0.4, 0.5) is 4.79 Å². The van der Waals surface area contributed by atoms with Crippen LogP contribution in [0, 0.1) is 6.92 Å². The number of sulfonamides is 1. The van der Waals surface area contributed by atoms with Crippen molar-refractivity contribution >= 4 is 27.9 Å². The van der Waals surface area contributed by atoms with Crippen molar-refractivity contribution in [1.82, 2.24) is 14.5 Å². The molecule has 0 unspecified atom stereocenters. The molecule has 0 atom stereocenters. The summed E-state index contributed by atoms with van der Waals surface area (Å²) in [5.74, 6) is -1.41. The first-order chi connectivity index (χ1) is 13.3. The van der Waals surface area contributed by atoms with Crippen LogP contribution in [-0.4, -0.2) is 68.3 Å². The minimum atomic E-state index is -4.23. The molecule has 0 bridgehead atoms. The number of esters is 1. The summed E-state index contributed by atoms with van der Waals surface area (Å²) in [4.78, 5) is 37.7. The molecule has 0 aromatic heterocycles. The second-order valence-corrected chi connectivity index (χ2v) is 8.25. The fourth-order valence-corrected chi connectivity index (χ4v) is 4.07. The smallest absolute Gasteiger partial charge is 0.334 e. The van der Waals surface area contributed by atoms with Gasteiger partial charge in [-0.15, -0.1) is 0 Å². The van der Waals surface area contributed by atoms with E-state index in [0.717, 1.165) is 18.4 Å². The minimum absolute atomic E-state index is 0.0798. The van der Waals surface area contributed by atoms with Crippen LogP contribution >= 0.6 is 0 Å². The first-order valence-corrected chi connectivity index (χ1v) is 10.5.